The predicted octanol–water partition coefficient (Wildman–Crippen LogP) is 7.62. The van der Waals surface area contributed by atoms with E-state index in [0.29, 0.717) is 0 Å². The SMILES string of the molecule is CCCCC(=C=Cc1ccccc1C#C[Si](C)(C)C)P(=O)(c1ccccc1)c1ccccc1. The highest BCUT2D eigenvalue weighted by Crippen LogP contribution is 2.53. The fourth-order valence-electron chi connectivity index (χ4n) is 3.55. The van der Waals surface area contributed by atoms with Gasteiger partial charge in [-0.15, -0.1) is 11.3 Å². The molecular weight excluding hydrogens is 435 g/mol. The minimum atomic E-state index is -3.01. The summed E-state index contributed by atoms with van der Waals surface area (Å²) in [6.07, 6.45) is 4.73. The smallest absolute Gasteiger partial charge is 0.174 e. The largest absolute Gasteiger partial charge is 0.308 e. The first-order chi connectivity index (χ1) is 15.8. The van der Waals surface area contributed by atoms with E-state index in [2.05, 4.69) is 55.9 Å². The van der Waals surface area contributed by atoms with Crippen LogP contribution in [-0.2, 0) is 4.57 Å². The van der Waals surface area contributed by atoms with Crippen molar-refractivity contribution < 1.29 is 4.57 Å². The van der Waals surface area contributed by atoms with E-state index in [1.165, 1.54) is 0 Å². The Bertz CT molecular complexity index is 1190. The molecule has 0 saturated heterocycles. The molecule has 0 atom stereocenters. The minimum absolute atomic E-state index is 0.747. The maximum absolute atomic E-state index is 14.8. The van der Waals surface area contributed by atoms with Crippen LogP contribution in [0.1, 0.15) is 37.3 Å². The van der Waals surface area contributed by atoms with E-state index in [1.54, 1.807) is 0 Å². The molecule has 0 heterocycles. The van der Waals surface area contributed by atoms with Crippen LogP contribution in [0.5, 0.6) is 0 Å². The standard InChI is InChI=1S/C30H33OPSi/c1-5-6-17-30(23-22-26-15-13-14-16-27(26)24-25-33(2,3)4)32(31,28-18-9-7-10-19-28)29-20-11-8-12-21-29/h7-16,18-22H,5-6,17H2,1-4H3. The first kappa shape index (κ1) is 24.8. The van der Waals surface area contributed by atoms with E-state index < -0.39 is 15.2 Å². The van der Waals surface area contributed by atoms with Gasteiger partial charge in [0.2, 0.25) is 0 Å². The minimum Gasteiger partial charge on any atom is -0.308 e. The van der Waals surface area contributed by atoms with Gasteiger partial charge in [-0.1, -0.05) is 118 Å². The second kappa shape index (κ2) is 11.4. The second-order valence-electron chi connectivity index (χ2n) is 9.21. The van der Waals surface area contributed by atoms with Crippen molar-refractivity contribution in [3.63, 3.8) is 0 Å². The summed E-state index contributed by atoms with van der Waals surface area (Å²) >= 11 is 0. The van der Waals surface area contributed by atoms with Crippen molar-refractivity contribution in [1.29, 1.82) is 0 Å². The van der Waals surface area contributed by atoms with Crippen LogP contribution in [0.25, 0.3) is 6.08 Å². The third kappa shape index (κ3) is 6.60. The Balaban J connectivity index is 2.22. The Hall–Kier alpha value is -2.81. The molecule has 0 aliphatic rings. The molecule has 0 aliphatic heterocycles. The lowest BCUT2D eigenvalue weighted by molar-refractivity contribution is 0.589. The first-order valence-electron chi connectivity index (χ1n) is 11.6. The Labute approximate surface area is 200 Å². The topological polar surface area (TPSA) is 17.1 Å². The summed E-state index contributed by atoms with van der Waals surface area (Å²) in [6.45, 7) is 8.91. The molecule has 0 amide bonds. The number of rotatable bonds is 7. The Morgan fingerprint density at radius 2 is 1.39 bits per heavy atom. The molecule has 3 rings (SSSR count). The number of hydrogen-bond donors (Lipinski definition) is 0. The van der Waals surface area contributed by atoms with Crippen LogP contribution < -0.4 is 10.6 Å². The monoisotopic (exact) mass is 468 g/mol. The van der Waals surface area contributed by atoms with Crippen LogP contribution in [-0.4, -0.2) is 8.07 Å². The van der Waals surface area contributed by atoms with Crippen molar-refractivity contribution in [1.82, 2.24) is 0 Å². The average molecular weight is 469 g/mol. The lowest BCUT2D eigenvalue weighted by Crippen LogP contribution is -2.17. The quantitative estimate of drug-likeness (QED) is 0.151. The predicted molar refractivity (Wildman–Crippen MR) is 147 cm³/mol. The van der Waals surface area contributed by atoms with E-state index in [0.717, 1.165) is 46.3 Å². The summed E-state index contributed by atoms with van der Waals surface area (Å²) in [4.78, 5) is 0. The first-order valence-corrected chi connectivity index (χ1v) is 16.8. The highest BCUT2D eigenvalue weighted by Gasteiger charge is 2.31. The van der Waals surface area contributed by atoms with Gasteiger partial charge in [0.1, 0.15) is 8.07 Å². The summed E-state index contributed by atoms with van der Waals surface area (Å²) in [5.74, 6) is 3.38. The maximum atomic E-state index is 14.8. The molecule has 0 aromatic heterocycles. The van der Waals surface area contributed by atoms with Crippen LogP contribution >= 0.6 is 7.14 Å². The van der Waals surface area contributed by atoms with Crippen LogP contribution in [0.3, 0.4) is 0 Å². The summed E-state index contributed by atoms with van der Waals surface area (Å²) < 4.78 is 14.8. The van der Waals surface area contributed by atoms with Gasteiger partial charge < -0.3 is 4.57 Å². The van der Waals surface area contributed by atoms with Crippen molar-refractivity contribution in [3.05, 3.63) is 107 Å². The van der Waals surface area contributed by atoms with Crippen LogP contribution in [0.4, 0.5) is 0 Å². The van der Waals surface area contributed by atoms with Crippen molar-refractivity contribution in [2.24, 2.45) is 0 Å². The zero-order valence-corrected chi connectivity index (χ0v) is 22.0. The van der Waals surface area contributed by atoms with Crippen molar-refractivity contribution in [2.45, 2.75) is 45.8 Å². The summed E-state index contributed by atoms with van der Waals surface area (Å²) in [5, 5.41) is 2.58. The van der Waals surface area contributed by atoms with Gasteiger partial charge in [-0.25, -0.2) is 0 Å². The van der Waals surface area contributed by atoms with Gasteiger partial charge in [0.25, 0.3) is 0 Å². The lowest BCUT2D eigenvalue weighted by atomic mass is 10.1. The van der Waals surface area contributed by atoms with Gasteiger partial charge >= 0.3 is 0 Å². The molecule has 0 aliphatic carbocycles. The summed E-state index contributed by atoms with van der Waals surface area (Å²) in [7, 11) is -4.50. The molecular formula is C30H33OPSi. The van der Waals surface area contributed by atoms with Crippen molar-refractivity contribution >= 4 is 31.9 Å². The van der Waals surface area contributed by atoms with E-state index in [9.17, 15) is 4.57 Å². The number of hydrogen-bond acceptors (Lipinski definition) is 1. The molecule has 0 radical (unpaired) electrons. The van der Waals surface area contributed by atoms with Crippen LogP contribution in [0.15, 0.2) is 96.0 Å². The molecule has 0 spiro atoms. The highest BCUT2D eigenvalue weighted by atomic mass is 31.2. The van der Waals surface area contributed by atoms with Gasteiger partial charge in [-0.05, 0) is 30.5 Å². The van der Waals surface area contributed by atoms with Crippen LogP contribution in [0.2, 0.25) is 19.6 Å². The van der Waals surface area contributed by atoms with Gasteiger partial charge in [-0.3, -0.25) is 0 Å². The molecule has 33 heavy (non-hydrogen) atoms. The maximum Gasteiger partial charge on any atom is 0.174 e. The molecule has 0 unspecified atom stereocenters. The second-order valence-corrected chi connectivity index (χ2v) is 16.7. The Kier molecular flexibility index (Phi) is 8.54. The van der Waals surface area contributed by atoms with Crippen molar-refractivity contribution in [2.75, 3.05) is 0 Å². The zero-order valence-electron chi connectivity index (χ0n) is 20.1. The summed E-state index contributed by atoms with van der Waals surface area (Å²) in [6, 6.07) is 27.9. The molecule has 1 nitrogen and oxygen atoms in total. The average Bonchev–Trinajstić information content (AvgIpc) is 2.83. The van der Waals surface area contributed by atoms with Gasteiger partial charge in [0, 0.05) is 21.5 Å². The lowest BCUT2D eigenvalue weighted by Gasteiger charge is -2.21. The fourth-order valence-corrected chi connectivity index (χ4v) is 6.89. The molecule has 3 aromatic rings. The van der Waals surface area contributed by atoms with Gasteiger partial charge in [0.05, 0.1) is 0 Å². The van der Waals surface area contributed by atoms with Crippen molar-refractivity contribution in [3.8, 4) is 11.5 Å². The van der Waals surface area contributed by atoms with Gasteiger partial charge in [0.15, 0.2) is 7.14 Å². The summed E-state index contributed by atoms with van der Waals surface area (Å²) in [5.41, 5.74) is 9.00. The molecule has 0 bridgehead atoms. The van der Waals surface area contributed by atoms with Gasteiger partial charge in [-0.2, -0.15) is 0 Å². The fraction of sp³-hybridized carbons (Fsp3) is 0.233. The molecule has 0 saturated carbocycles. The molecule has 3 heteroatoms. The number of unbranched alkanes of at least 4 members (excludes halogenated alkanes) is 1. The Morgan fingerprint density at radius 1 is 0.848 bits per heavy atom. The molecule has 0 N–H and O–H groups in total. The molecule has 3 aromatic carbocycles. The normalized spacial score (nSPS) is 11.2. The van der Waals surface area contributed by atoms with Crippen LogP contribution in [0, 0.1) is 11.5 Å². The molecule has 0 fully saturated rings. The van der Waals surface area contributed by atoms with E-state index in [1.807, 2.05) is 78.9 Å². The Morgan fingerprint density at radius 3 is 1.94 bits per heavy atom. The van der Waals surface area contributed by atoms with E-state index >= 15 is 0 Å². The third-order valence-electron chi connectivity index (χ3n) is 5.31. The third-order valence-corrected chi connectivity index (χ3v) is 9.35. The highest BCUT2D eigenvalue weighted by molar-refractivity contribution is 7.82. The number of allylic oxidation sites excluding steroid dienone is 1. The zero-order chi connectivity index (χ0) is 23.7. The van der Waals surface area contributed by atoms with E-state index in [-0.39, 0.29) is 0 Å². The van der Waals surface area contributed by atoms with E-state index in [4.69, 9.17) is 0 Å². The molecule has 168 valence electrons. The number of benzene rings is 3.